The molecular weight excluding hydrogens is 330 g/mol. The first kappa shape index (κ1) is 16.2. The third-order valence-corrected chi connectivity index (χ3v) is 6.39. The molecule has 1 aliphatic carbocycles. The van der Waals surface area contributed by atoms with Crippen LogP contribution in [-0.4, -0.2) is 20.6 Å². The third-order valence-electron chi connectivity index (χ3n) is 4.15. The van der Waals surface area contributed by atoms with E-state index < -0.39 is 9.84 Å². The first-order valence-corrected chi connectivity index (χ1v) is 10.1. The molecule has 1 heterocycles. The second kappa shape index (κ2) is 5.76. The largest absolute Gasteiger partial charge is 0.326 e. The van der Waals surface area contributed by atoms with Crippen LogP contribution in [0.2, 0.25) is 0 Å². The molecule has 6 heteroatoms. The maximum Gasteiger partial charge on any atom is 0.228 e. The van der Waals surface area contributed by atoms with Crippen LogP contribution in [0.4, 0.5) is 5.69 Å². The Kier molecular flexibility index (Phi) is 4.06. The topological polar surface area (TPSA) is 63.2 Å². The molecule has 0 aliphatic heterocycles. The second-order valence-electron chi connectivity index (χ2n) is 6.14. The molecule has 0 spiro atoms. The van der Waals surface area contributed by atoms with E-state index in [1.165, 1.54) is 22.1 Å². The van der Waals surface area contributed by atoms with Gasteiger partial charge in [0.15, 0.2) is 9.84 Å². The van der Waals surface area contributed by atoms with Crippen molar-refractivity contribution >= 4 is 32.8 Å². The summed E-state index contributed by atoms with van der Waals surface area (Å²) in [6.45, 7) is 3.92. The summed E-state index contributed by atoms with van der Waals surface area (Å²) in [5.41, 5.74) is 1.43. The van der Waals surface area contributed by atoms with Crippen LogP contribution in [0.5, 0.6) is 0 Å². The highest BCUT2D eigenvalue weighted by Crippen LogP contribution is 2.50. The number of amides is 1. The number of hydrogen-bond donors (Lipinski definition) is 1. The van der Waals surface area contributed by atoms with Crippen LogP contribution in [0.1, 0.15) is 27.7 Å². The average Bonchev–Trinajstić information content (AvgIpc) is 3.15. The van der Waals surface area contributed by atoms with Crippen molar-refractivity contribution in [1.82, 2.24) is 0 Å². The number of nitrogens with one attached hydrogen (secondary N) is 1. The average molecular weight is 349 g/mol. The molecule has 0 unspecified atom stereocenters. The van der Waals surface area contributed by atoms with Gasteiger partial charge in [-0.25, -0.2) is 8.42 Å². The summed E-state index contributed by atoms with van der Waals surface area (Å²) in [6, 6.07) is 8.99. The minimum atomic E-state index is -3.28. The molecule has 2 atom stereocenters. The predicted octanol–water partition coefficient (Wildman–Crippen LogP) is 3.51. The molecule has 1 amide bonds. The van der Waals surface area contributed by atoms with Gasteiger partial charge in [-0.2, -0.15) is 0 Å². The minimum Gasteiger partial charge on any atom is -0.326 e. The van der Waals surface area contributed by atoms with Crippen molar-refractivity contribution in [3.05, 3.63) is 45.6 Å². The van der Waals surface area contributed by atoms with Crippen LogP contribution in [0, 0.1) is 19.8 Å². The van der Waals surface area contributed by atoms with Gasteiger partial charge in [0.05, 0.1) is 4.90 Å². The van der Waals surface area contributed by atoms with E-state index in [0.717, 1.165) is 12.0 Å². The summed E-state index contributed by atoms with van der Waals surface area (Å²) in [7, 11) is -3.28. The first-order chi connectivity index (χ1) is 10.8. The van der Waals surface area contributed by atoms with Crippen LogP contribution in [0.15, 0.2) is 35.2 Å². The van der Waals surface area contributed by atoms with Crippen molar-refractivity contribution in [2.75, 3.05) is 11.6 Å². The van der Waals surface area contributed by atoms with E-state index in [9.17, 15) is 13.2 Å². The van der Waals surface area contributed by atoms with E-state index >= 15 is 0 Å². The van der Waals surface area contributed by atoms with Crippen LogP contribution in [-0.2, 0) is 14.6 Å². The molecule has 1 N–H and O–H groups in total. The van der Waals surface area contributed by atoms with Gasteiger partial charge >= 0.3 is 0 Å². The number of benzene rings is 1. The molecule has 1 aliphatic rings. The monoisotopic (exact) mass is 349 g/mol. The number of carbonyl (C=O) groups excluding carboxylic acids is 1. The fourth-order valence-corrected chi connectivity index (χ4v) is 4.35. The normalized spacial score (nSPS) is 20.3. The zero-order chi connectivity index (χ0) is 16.8. The zero-order valence-electron chi connectivity index (χ0n) is 13.3. The smallest absolute Gasteiger partial charge is 0.228 e. The van der Waals surface area contributed by atoms with Gasteiger partial charge in [0, 0.05) is 33.5 Å². The second-order valence-corrected chi connectivity index (χ2v) is 9.47. The fraction of sp³-hybridized carbons (Fsp3) is 0.353. The highest BCUT2D eigenvalue weighted by Gasteiger charge is 2.44. The molecule has 0 bridgehead atoms. The Morgan fingerprint density at radius 2 is 1.96 bits per heavy atom. The maximum atomic E-state index is 12.4. The van der Waals surface area contributed by atoms with Gasteiger partial charge < -0.3 is 5.32 Å². The van der Waals surface area contributed by atoms with Crippen molar-refractivity contribution in [2.45, 2.75) is 31.1 Å². The molecular formula is C17H19NO3S2. The van der Waals surface area contributed by atoms with E-state index in [1.807, 2.05) is 6.92 Å². The SMILES string of the molecule is Cc1ccc([C@H]2C[C@H]2C(=O)Nc2cc(S(C)(=O)=O)ccc2C)s1. The Balaban J connectivity index is 1.74. The molecule has 1 aromatic heterocycles. The molecule has 23 heavy (non-hydrogen) atoms. The van der Waals surface area contributed by atoms with E-state index in [-0.39, 0.29) is 16.7 Å². The molecule has 0 radical (unpaired) electrons. The van der Waals surface area contributed by atoms with Gasteiger partial charge in [0.25, 0.3) is 0 Å². The summed E-state index contributed by atoms with van der Waals surface area (Å²) in [5, 5.41) is 2.89. The van der Waals surface area contributed by atoms with E-state index in [0.29, 0.717) is 11.6 Å². The molecule has 1 saturated carbocycles. The highest BCUT2D eigenvalue weighted by molar-refractivity contribution is 7.90. The Morgan fingerprint density at radius 3 is 2.57 bits per heavy atom. The van der Waals surface area contributed by atoms with Gasteiger partial charge in [-0.15, -0.1) is 11.3 Å². The number of sulfone groups is 1. The molecule has 4 nitrogen and oxygen atoms in total. The first-order valence-electron chi connectivity index (χ1n) is 7.43. The van der Waals surface area contributed by atoms with Crippen molar-refractivity contribution in [3.63, 3.8) is 0 Å². The highest BCUT2D eigenvalue weighted by atomic mass is 32.2. The zero-order valence-corrected chi connectivity index (χ0v) is 14.9. The van der Waals surface area contributed by atoms with Crippen LogP contribution in [0.25, 0.3) is 0 Å². The summed E-state index contributed by atoms with van der Waals surface area (Å²) in [5.74, 6) is 0.247. The maximum absolute atomic E-state index is 12.4. The van der Waals surface area contributed by atoms with Gasteiger partial charge in [0.2, 0.25) is 5.91 Å². The Morgan fingerprint density at radius 1 is 1.22 bits per heavy atom. The summed E-state index contributed by atoms with van der Waals surface area (Å²) in [4.78, 5) is 15.2. The lowest BCUT2D eigenvalue weighted by Crippen LogP contribution is -2.15. The van der Waals surface area contributed by atoms with Crippen molar-refractivity contribution in [3.8, 4) is 0 Å². The van der Waals surface area contributed by atoms with Crippen LogP contribution >= 0.6 is 11.3 Å². The molecule has 1 aromatic carbocycles. The van der Waals surface area contributed by atoms with Crippen LogP contribution in [0.3, 0.4) is 0 Å². The lowest BCUT2D eigenvalue weighted by molar-refractivity contribution is -0.117. The molecule has 3 rings (SSSR count). The molecule has 0 saturated heterocycles. The van der Waals surface area contributed by atoms with Gasteiger partial charge in [0.1, 0.15) is 0 Å². The number of aryl methyl sites for hydroxylation is 2. The van der Waals surface area contributed by atoms with Crippen molar-refractivity contribution in [1.29, 1.82) is 0 Å². The quantitative estimate of drug-likeness (QED) is 0.919. The van der Waals surface area contributed by atoms with Crippen LogP contribution < -0.4 is 5.32 Å². The predicted molar refractivity (Wildman–Crippen MR) is 92.8 cm³/mol. The molecule has 1 fully saturated rings. The number of carbonyl (C=O) groups is 1. The minimum absolute atomic E-state index is 0.0191. The van der Waals surface area contributed by atoms with E-state index in [2.05, 4.69) is 24.4 Å². The van der Waals surface area contributed by atoms with Crippen molar-refractivity contribution < 1.29 is 13.2 Å². The lowest BCUT2D eigenvalue weighted by Gasteiger charge is -2.10. The Hall–Kier alpha value is -1.66. The lowest BCUT2D eigenvalue weighted by atomic mass is 10.2. The Labute approximate surface area is 140 Å². The summed E-state index contributed by atoms with van der Waals surface area (Å²) >= 11 is 1.74. The molecule has 2 aromatic rings. The fourth-order valence-electron chi connectivity index (χ4n) is 2.64. The summed E-state index contributed by atoms with van der Waals surface area (Å²) < 4.78 is 23.3. The summed E-state index contributed by atoms with van der Waals surface area (Å²) in [6.07, 6.45) is 2.02. The number of rotatable bonds is 4. The van der Waals surface area contributed by atoms with Gasteiger partial charge in [-0.1, -0.05) is 6.07 Å². The van der Waals surface area contributed by atoms with Crippen molar-refractivity contribution in [2.24, 2.45) is 5.92 Å². The third kappa shape index (κ3) is 3.48. The number of thiophene rings is 1. The van der Waals surface area contributed by atoms with E-state index in [1.54, 1.807) is 23.5 Å². The molecule has 122 valence electrons. The standard InChI is InChI=1S/C17H19NO3S2/c1-10-4-6-12(23(3,20)21)8-15(10)18-17(19)14-9-13(14)16-7-5-11(2)22-16/h4-8,13-14H,9H2,1-3H3,(H,18,19)/t13-,14+/m0/s1. The number of hydrogen-bond acceptors (Lipinski definition) is 4. The van der Waals surface area contributed by atoms with E-state index in [4.69, 9.17) is 0 Å². The van der Waals surface area contributed by atoms with Gasteiger partial charge in [-0.3, -0.25) is 4.79 Å². The Bertz CT molecular complexity index is 868. The van der Waals surface area contributed by atoms with Gasteiger partial charge in [-0.05, 0) is 50.1 Å². The number of anilines is 1.